The van der Waals surface area contributed by atoms with Gasteiger partial charge in [0.25, 0.3) is 0 Å². The van der Waals surface area contributed by atoms with E-state index in [1.807, 2.05) is 0 Å². The number of carboxylic acids is 1. The lowest BCUT2D eigenvalue weighted by Gasteiger charge is -2.32. The number of aromatic nitrogens is 3. The van der Waals surface area contributed by atoms with Crippen LogP contribution < -0.4 is 15.2 Å². The van der Waals surface area contributed by atoms with Crippen molar-refractivity contribution in [3.63, 3.8) is 0 Å². The highest BCUT2D eigenvalue weighted by Crippen LogP contribution is 2.30. The molecule has 0 spiro atoms. The van der Waals surface area contributed by atoms with E-state index < -0.39 is 21.2 Å². The Morgan fingerprint density at radius 3 is 2.62 bits per heavy atom. The highest BCUT2D eigenvalue weighted by molar-refractivity contribution is 7.91. The number of fused-ring (bicyclic) bond motifs is 1. The lowest BCUT2D eigenvalue weighted by Crippen LogP contribution is -2.47. The standard InChI is InChI=1S/C21H21N5O5S/c1-14-10-19-25(23-14)12-16(21(27)28)13-26(19)24-20(15-4-3-9-22-11-15)32(29,30)18-7-5-17(31-2)6-8-18/h3-12,20,24H,13H2,1-2H3,(H,27,28). The van der Waals surface area contributed by atoms with Gasteiger partial charge in [-0.15, -0.1) is 0 Å². The van der Waals surface area contributed by atoms with Gasteiger partial charge in [-0.2, -0.15) is 5.10 Å². The Morgan fingerprint density at radius 2 is 2.00 bits per heavy atom. The van der Waals surface area contributed by atoms with Crippen molar-refractivity contribution in [2.24, 2.45) is 0 Å². The molecule has 0 amide bonds. The molecule has 0 bridgehead atoms. The van der Waals surface area contributed by atoms with Gasteiger partial charge < -0.3 is 9.84 Å². The van der Waals surface area contributed by atoms with E-state index in [-0.39, 0.29) is 17.0 Å². The summed E-state index contributed by atoms with van der Waals surface area (Å²) in [6.45, 7) is 1.71. The Kier molecular flexibility index (Phi) is 5.68. The van der Waals surface area contributed by atoms with E-state index in [0.717, 1.165) is 0 Å². The molecule has 1 atom stereocenters. The first-order valence-electron chi connectivity index (χ1n) is 9.61. The molecule has 1 aliphatic heterocycles. The zero-order chi connectivity index (χ0) is 22.9. The summed E-state index contributed by atoms with van der Waals surface area (Å²) in [5, 5.41) is 14.0. The number of carbonyl (C=O) groups is 1. The normalized spacial score (nSPS) is 14.4. The first-order chi connectivity index (χ1) is 15.3. The van der Waals surface area contributed by atoms with E-state index in [2.05, 4.69) is 15.5 Å². The molecule has 3 aromatic rings. The lowest BCUT2D eigenvalue weighted by atomic mass is 10.2. The Hall–Kier alpha value is -3.70. The SMILES string of the molecule is COc1ccc(S(=O)(=O)C(NN2CC(C(=O)O)=Cn3nc(C)cc32)c2cccnc2)cc1. The van der Waals surface area contributed by atoms with Gasteiger partial charge in [-0.05, 0) is 37.3 Å². The van der Waals surface area contributed by atoms with Crippen LogP contribution in [0.3, 0.4) is 0 Å². The summed E-state index contributed by atoms with van der Waals surface area (Å²) in [4.78, 5) is 15.8. The van der Waals surface area contributed by atoms with Gasteiger partial charge in [0.1, 0.15) is 11.6 Å². The summed E-state index contributed by atoms with van der Waals surface area (Å²) < 4.78 is 33.8. The zero-order valence-electron chi connectivity index (χ0n) is 17.3. The number of hydrogen-bond donors (Lipinski definition) is 2. The predicted octanol–water partition coefficient (Wildman–Crippen LogP) is 2.02. The summed E-state index contributed by atoms with van der Waals surface area (Å²) in [5.41, 5.74) is 4.12. The number of methoxy groups -OCH3 is 1. The highest BCUT2D eigenvalue weighted by atomic mass is 32.2. The molecule has 0 fully saturated rings. The van der Waals surface area contributed by atoms with Crippen molar-refractivity contribution in [2.75, 3.05) is 18.7 Å². The maximum atomic E-state index is 13.6. The monoisotopic (exact) mass is 455 g/mol. The van der Waals surface area contributed by atoms with Gasteiger partial charge in [-0.25, -0.2) is 23.3 Å². The van der Waals surface area contributed by atoms with Crippen LogP contribution in [0.2, 0.25) is 0 Å². The van der Waals surface area contributed by atoms with Gasteiger partial charge in [0, 0.05) is 30.2 Å². The van der Waals surface area contributed by atoms with E-state index >= 15 is 0 Å². The second kappa shape index (κ2) is 8.44. The highest BCUT2D eigenvalue weighted by Gasteiger charge is 2.34. The molecule has 0 radical (unpaired) electrons. The van der Waals surface area contributed by atoms with E-state index in [4.69, 9.17) is 4.74 Å². The fraction of sp³-hybridized carbons (Fsp3) is 0.190. The van der Waals surface area contributed by atoms with Gasteiger partial charge in [0.15, 0.2) is 15.2 Å². The van der Waals surface area contributed by atoms with Crippen LogP contribution in [0, 0.1) is 6.92 Å². The Balaban J connectivity index is 1.77. The number of aliphatic carboxylic acids is 1. The number of sulfone groups is 1. The van der Waals surface area contributed by atoms with Crippen molar-refractivity contribution in [1.29, 1.82) is 0 Å². The van der Waals surface area contributed by atoms with E-state index in [0.29, 0.717) is 22.8 Å². The minimum absolute atomic E-state index is 0.0554. The number of nitrogens with zero attached hydrogens (tertiary/aromatic N) is 4. The van der Waals surface area contributed by atoms with E-state index in [9.17, 15) is 18.3 Å². The second-order valence-electron chi connectivity index (χ2n) is 7.15. The summed E-state index contributed by atoms with van der Waals surface area (Å²) in [5.74, 6) is -0.0701. The predicted molar refractivity (Wildman–Crippen MR) is 117 cm³/mol. The summed E-state index contributed by atoms with van der Waals surface area (Å²) >= 11 is 0. The van der Waals surface area contributed by atoms with Crippen LogP contribution in [0.25, 0.3) is 6.20 Å². The number of pyridine rings is 1. The summed E-state index contributed by atoms with van der Waals surface area (Å²) in [6.07, 6.45) is 4.42. The third kappa shape index (κ3) is 4.07. The molecule has 0 saturated heterocycles. The van der Waals surface area contributed by atoms with Gasteiger partial charge in [0.05, 0.1) is 29.8 Å². The van der Waals surface area contributed by atoms with Crippen molar-refractivity contribution in [3.05, 3.63) is 71.7 Å². The Bertz CT molecular complexity index is 1270. The molecule has 4 rings (SSSR count). The van der Waals surface area contributed by atoms with Crippen molar-refractivity contribution < 1.29 is 23.1 Å². The van der Waals surface area contributed by atoms with Gasteiger partial charge in [-0.1, -0.05) is 6.07 Å². The molecule has 2 aromatic heterocycles. The minimum Gasteiger partial charge on any atom is -0.497 e. The van der Waals surface area contributed by atoms with Crippen LogP contribution in [0.4, 0.5) is 5.82 Å². The second-order valence-corrected chi connectivity index (χ2v) is 9.18. The molecule has 32 heavy (non-hydrogen) atoms. The quantitative estimate of drug-likeness (QED) is 0.550. The third-order valence-electron chi connectivity index (χ3n) is 4.95. The number of anilines is 1. The topological polar surface area (TPSA) is 127 Å². The minimum atomic E-state index is -3.96. The molecule has 3 heterocycles. The number of carboxylic acid groups (broad SMARTS) is 1. The largest absolute Gasteiger partial charge is 0.497 e. The van der Waals surface area contributed by atoms with Crippen molar-refractivity contribution in [1.82, 2.24) is 20.2 Å². The number of benzene rings is 1. The van der Waals surface area contributed by atoms with Gasteiger partial charge in [-0.3, -0.25) is 9.99 Å². The van der Waals surface area contributed by atoms with Crippen LogP contribution >= 0.6 is 0 Å². The molecule has 0 aliphatic carbocycles. The van der Waals surface area contributed by atoms with Gasteiger partial charge in [0.2, 0.25) is 0 Å². The molecule has 11 heteroatoms. The molecular formula is C21H21N5O5S. The molecule has 2 N–H and O–H groups in total. The van der Waals surface area contributed by atoms with Crippen molar-refractivity contribution >= 4 is 27.8 Å². The first kappa shape index (κ1) is 21.5. The van der Waals surface area contributed by atoms with Crippen LogP contribution in [-0.2, 0) is 14.6 Å². The smallest absolute Gasteiger partial charge is 0.335 e. The van der Waals surface area contributed by atoms with Gasteiger partial charge >= 0.3 is 5.97 Å². The fourth-order valence-corrected chi connectivity index (χ4v) is 4.92. The maximum absolute atomic E-state index is 13.6. The number of hydrazine groups is 1. The summed E-state index contributed by atoms with van der Waals surface area (Å²) in [6, 6.07) is 11.1. The first-order valence-corrected chi connectivity index (χ1v) is 11.2. The number of rotatable bonds is 7. The molecule has 10 nitrogen and oxygen atoms in total. The molecule has 0 saturated carbocycles. The zero-order valence-corrected chi connectivity index (χ0v) is 18.2. The average molecular weight is 455 g/mol. The number of nitrogens with one attached hydrogen (secondary N) is 1. The van der Waals surface area contributed by atoms with Crippen LogP contribution in [0.5, 0.6) is 5.75 Å². The van der Waals surface area contributed by atoms with Crippen LogP contribution in [-0.4, -0.2) is 47.9 Å². The number of hydrogen-bond acceptors (Lipinski definition) is 8. The van der Waals surface area contributed by atoms with E-state index in [1.165, 1.54) is 41.3 Å². The van der Waals surface area contributed by atoms with Crippen LogP contribution in [0.1, 0.15) is 16.6 Å². The molecule has 1 unspecified atom stereocenters. The van der Waals surface area contributed by atoms with E-state index in [1.54, 1.807) is 43.5 Å². The molecular weight excluding hydrogens is 434 g/mol. The molecule has 166 valence electrons. The Labute approximate surface area is 184 Å². The average Bonchev–Trinajstić information content (AvgIpc) is 3.18. The fourth-order valence-electron chi connectivity index (χ4n) is 3.37. The Morgan fingerprint density at radius 1 is 1.25 bits per heavy atom. The molecule has 1 aliphatic rings. The summed E-state index contributed by atoms with van der Waals surface area (Å²) in [7, 11) is -2.46. The van der Waals surface area contributed by atoms with Crippen molar-refractivity contribution in [3.8, 4) is 5.75 Å². The number of aryl methyl sites for hydroxylation is 1. The van der Waals surface area contributed by atoms with Crippen LogP contribution in [0.15, 0.2) is 65.3 Å². The maximum Gasteiger partial charge on any atom is 0.335 e. The number of ether oxygens (including phenoxy) is 1. The van der Waals surface area contributed by atoms with Crippen molar-refractivity contribution in [2.45, 2.75) is 17.2 Å². The lowest BCUT2D eigenvalue weighted by molar-refractivity contribution is -0.132. The molecule has 1 aromatic carbocycles. The third-order valence-corrected chi connectivity index (χ3v) is 6.88.